The van der Waals surface area contributed by atoms with Gasteiger partial charge in [-0.05, 0) is 74.9 Å². The predicted molar refractivity (Wildman–Crippen MR) is 105 cm³/mol. The summed E-state index contributed by atoms with van der Waals surface area (Å²) in [7, 11) is 0. The average molecular weight is 377 g/mol. The van der Waals surface area contributed by atoms with Gasteiger partial charge in [-0.25, -0.2) is 5.43 Å². The lowest BCUT2D eigenvalue weighted by Crippen LogP contribution is -2.27. The molecular formula is C19H21ClN2O2S. The molecule has 0 saturated carbocycles. The van der Waals surface area contributed by atoms with Crippen LogP contribution < -0.4 is 10.2 Å². The Balaban J connectivity index is 1.92. The van der Waals surface area contributed by atoms with Gasteiger partial charge in [-0.2, -0.15) is 5.10 Å². The number of carbonyl (C=O) groups is 1. The van der Waals surface area contributed by atoms with E-state index in [0.29, 0.717) is 11.6 Å². The highest BCUT2D eigenvalue weighted by Gasteiger charge is 2.14. The van der Waals surface area contributed by atoms with Crippen LogP contribution in [0.25, 0.3) is 0 Å². The number of carbonyl (C=O) groups excluding carboxylic acids is 1. The van der Waals surface area contributed by atoms with Crippen molar-refractivity contribution in [3.05, 3.63) is 59.1 Å². The number of hydrazone groups is 1. The molecule has 0 unspecified atom stereocenters. The third kappa shape index (κ3) is 6.11. The molecule has 0 aliphatic carbocycles. The molecule has 0 fully saturated rings. The highest BCUT2D eigenvalue weighted by Crippen LogP contribution is 2.24. The molecule has 2 rings (SSSR count). The molecule has 0 aliphatic rings. The highest BCUT2D eigenvalue weighted by atomic mass is 35.5. The molecule has 0 bridgehead atoms. The second-order valence-corrected chi connectivity index (χ2v) is 7.20. The lowest BCUT2D eigenvalue weighted by Gasteiger charge is -2.10. The Labute approximate surface area is 157 Å². The molecule has 0 saturated heterocycles. The summed E-state index contributed by atoms with van der Waals surface area (Å²) in [6.07, 6.45) is 0. The van der Waals surface area contributed by atoms with Crippen LogP contribution in [0, 0.1) is 0 Å². The molecule has 132 valence electrons. The van der Waals surface area contributed by atoms with Crippen LogP contribution in [0.4, 0.5) is 0 Å². The second kappa shape index (κ2) is 9.49. The molecular weight excluding hydrogens is 356 g/mol. The molecule has 0 aliphatic heterocycles. The summed E-state index contributed by atoms with van der Waals surface area (Å²) < 4.78 is 5.41. The molecule has 2 aromatic carbocycles. The second-order valence-electron chi connectivity index (χ2n) is 5.34. The van der Waals surface area contributed by atoms with Crippen molar-refractivity contribution in [1.29, 1.82) is 0 Å². The number of amides is 1. The van der Waals surface area contributed by atoms with Crippen LogP contribution >= 0.6 is 23.4 Å². The summed E-state index contributed by atoms with van der Waals surface area (Å²) in [6, 6.07) is 15.0. The van der Waals surface area contributed by atoms with E-state index in [1.807, 2.05) is 69.3 Å². The first kappa shape index (κ1) is 19.3. The van der Waals surface area contributed by atoms with Crippen LogP contribution in [0.1, 0.15) is 26.3 Å². The minimum atomic E-state index is -0.266. The fourth-order valence-electron chi connectivity index (χ4n) is 2.02. The van der Waals surface area contributed by atoms with Gasteiger partial charge in [-0.15, -0.1) is 11.8 Å². The van der Waals surface area contributed by atoms with Gasteiger partial charge in [0.2, 0.25) is 0 Å². The number of hydrogen-bond acceptors (Lipinski definition) is 4. The Bertz CT molecular complexity index is 730. The summed E-state index contributed by atoms with van der Waals surface area (Å²) in [5.41, 5.74) is 4.29. The lowest BCUT2D eigenvalue weighted by atomic mass is 10.1. The SMILES string of the molecule is CCOc1ccc(/C(C)=N\NC(=O)[C@H](C)Sc2ccc(Cl)cc2)cc1. The van der Waals surface area contributed by atoms with Crippen molar-refractivity contribution in [2.24, 2.45) is 5.10 Å². The maximum Gasteiger partial charge on any atom is 0.253 e. The van der Waals surface area contributed by atoms with Gasteiger partial charge in [0.1, 0.15) is 5.75 Å². The van der Waals surface area contributed by atoms with Crippen LogP contribution in [-0.2, 0) is 4.79 Å². The van der Waals surface area contributed by atoms with Crippen molar-refractivity contribution in [2.45, 2.75) is 30.9 Å². The maximum atomic E-state index is 12.2. The Kier molecular flexibility index (Phi) is 7.34. The molecule has 0 aromatic heterocycles. The number of halogens is 1. The zero-order valence-corrected chi connectivity index (χ0v) is 16.0. The van der Waals surface area contributed by atoms with Gasteiger partial charge in [-0.1, -0.05) is 11.6 Å². The molecule has 1 atom stereocenters. The van der Waals surface area contributed by atoms with E-state index in [-0.39, 0.29) is 11.2 Å². The third-order valence-electron chi connectivity index (χ3n) is 3.41. The normalized spacial score (nSPS) is 12.6. The van der Waals surface area contributed by atoms with Crippen LogP contribution in [0.5, 0.6) is 5.75 Å². The molecule has 0 radical (unpaired) electrons. The van der Waals surface area contributed by atoms with E-state index in [4.69, 9.17) is 16.3 Å². The lowest BCUT2D eigenvalue weighted by molar-refractivity contribution is -0.120. The molecule has 0 heterocycles. The molecule has 1 amide bonds. The summed E-state index contributed by atoms with van der Waals surface area (Å²) in [6.45, 7) is 6.27. The van der Waals surface area contributed by atoms with Gasteiger partial charge in [0.25, 0.3) is 5.91 Å². The zero-order valence-electron chi connectivity index (χ0n) is 14.5. The summed E-state index contributed by atoms with van der Waals surface area (Å²) in [5, 5.41) is 4.60. The van der Waals surface area contributed by atoms with E-state index >= 15 is 0 Å². The van der Waals surface area contributed by atoms with Crippen molar-refractivity contribution < 1.29 is 9.53 Å². The molecule has 25 heavy (non-hydrogen) atoms. The maximum absolute atomic E-state index is 12.2. The van der Waals surface area contributed by atoms with Gasteiger partial charge in [-0.3, -0.25) is 4.79 Å². The van der Waals surface area contributed by atoms with E-state index < -0.39 is 0 Å². The minimum absolute atomic E-state index is 0.148. The Morgan fingerprint density at radius 1 is 1.20 bits per heavy atom. The number of benzene rings is 2. The topological polar surface area (TPSA) is 50.7 Å². The first-order valence-corrected chi connectivity index (χ1v) is 9.25. The van der Waals surface area contributed by atoms with Crippen molar-refractivity contribution >= 4 is 35.0 Å². The van der Waals surface area contributed by atoms with Gasteiger partial charge >= 0.3 is 0 Å². The van der Waals surface area contributed by atoms with Crippen molar-refractivity contribution in [2.75, 3.05) is 6.61 Å². The van der Waals surface area contributed by atoms with Gasteiger partial charge in [0.15, 0.2) is 0 Å². The fraction of sp³-hybridized carbons (Fsp3) is 0.263. The standard InChI is InChI=1S/C19H21ClN2O2S/c1-4-24-17-9-5-15(6-10-17)13(2)21-22-19(23)14(3)25-18-11-7-16(20)8-12-18/h5-12,14H,4H2,1-3H3,(H,22,23)/b21-13-/t14-/m0/s1. The number of hydrogen-bond donors (Lipinski definition) is 1. The smallest absolute Gasteiger partial charge is 0.253 e. The van der Waals surface area contributed by atoms with Crippen molar-refractivity contribution in [1.82, 2.24) is 5.43 Å². The Morgan fingerprint density at radius 2 is 1.84 bits per heavy atom. The Morgan fingerprint density at radius 3 is 2.44 bits per heavy atom. The zero-order chi connectivity index (χ0) is 18.2. The van der Waals surface area contributed by atoms with Crippen molar-refractivity contribution in [3.63, 3.8) is 0 Å². The summed E-state index contributed by atoms with van der Waals surface area (Å²) in [4.78, 5) is 13.2. The van der Waals surface area contributed by atoms with E-state index in [1.54, 1.807) is 0 Å². The number of nitrogens with zero attached hydrogens (tertiary/aromatic N) is 1. The number of ether oxygens (including phenoxy) is 1. The molecule has 6 heteroatoms. The monoisotopic (exact) mass is 376 g/mol. The average Bonchev–Trinajstić information content (AvgIpc) is 2.62. The summed E-state index contributed by atoms with van der Waals surface area (Å²) >= 11 is 7.33. The fourth-order valence-corrected chi connectivity index (χ4v) is 3.01. The van der Waals surface area contributed by atoms with Crippen LogP contribution in [-0.4, -0.2) is 23.5 Å². The van der Waals surface area contributed by atoms with Gasteiger partial charge in [0.05, 0.1) is 17.6 Å². The molecule has 2 aromatic rings. The predicted octanol–water partition coefficient (Wildman–Crippen LogP) is 4.76. The highest BCUT2D eigenvalue weighted by molar-refractivity contribution is 8.00. The number of thioether (sulfide) groups is 1. The third-order valence-corrected chi connectivity index (χ3v) is 4.78. The van der Waals surface area contributed by atoms with Crippen LogP contribution in [0.2, 0.25) is 5.02 Å². The van der Waals surface area contributed by atoms with Crippen LogP contribution in [0.15, 0.2) is 58.5 Å². The Hall–Kier alpha value is -1.98. The van der Waals surface area contributed by atoms with E-state index in [2.05, 4.69) is 10.5 Å². The largest absolute Gasteiger partial charge is 0.494 e. The first-order chi connectivity index (χ1) is 12.0. The first-order valence-electron chi connectivity index (χ1n) is 7.99. The molecule has 4 nitrogen and oxygen atoms in total. The quantitative estimate of drug-likeness (QED) is 0.430. The van der Waals surface area contributed by atoms with Crippen LogP contribution in [0.3, 0.4) is 0 Å². The number of rotatable bonds is 7. The minimum Gasteiger partial charge on any atom is -0.494 e. The molecule has 1 N–H and O–H groups in total. The van der Waals surface area contributed by atoms with E-state index in [9.17, 15) is 4.79 Å². The van der Waals surface area contributed by atoms with Gasteiger partial charge < -0.3 is 4.74 Å². The molecule has 0 spiro atoms. The number of nitrogens with one attached hydrogen (secondary N) is 1. The van der Waals surface area contributed by atoms with Gasteiger partial charge in [0, 0.05) is 9.92 Å². The van der Waals surface area contributed by atoms with Crippen molar-refractivity contribution in [3.8, 4) is 5.75 Å². The summed E-state index contributed by atoms with van der Waals surface area (Å²) in [5.74, 6) is 0.668. The van der Waals surface area contributed by atoms with E-state index in [0.717, 1.165) is 21.9 Å². The van der Waals surface area contributed by atoms with E-state index in [1.165, 1.54) is 11.8 Å².